The van der Waals surface area contributed by atoms with Crippen molar-refractivity contribution in [3.63, 3.8) is 0 Å². The van der Waals surface area contributed by atoms with Gasteiger partial charge in [0, 0.05) is 63.6 Å². The van der Waals surface area contributed by atoms with Gasteiger partial charge in [0.1, 0.15) is 5.82 Å². The van der Waals surface area contributed by atoms with E-state index in [-0.39, 0.29) is 17.7 Å². The summed E-state index contributed by atoms with van der Waals surface area (Å²) in [5.74, 6) is 0.310. The molecule has 1 saturated heterocycles. The Kier molecular flexibility index (Phi) is 6.70. The highest BCUT2D eigenvalue weighted by atomic mass is 19.1. The molecular weight excluding hydrogens is 477 g/mol. The lowest BCUT2D eigenvalue weighted by molar-refractivity contribution is -0.126. The van der Waals surface area contributed by atoms with Crippen LogP contribution >= 0.6 is 0 Å². The number of halogens is 1. The minimum absolute atomic E-state index is 0.00355. The van der Waals surface area contributed by atoms with Crippen LogP contribution < -0.4 is 15.0 Å². The lowest BCUT2D eigenvalue weighted by Crippen LogP contribution is -2.48. The number of aryl methyl sites for hydroxylation is 1. The third-order valence-corrected chi connectivity index (χ3v) is 5.78. The molecule has 0 radical (unpaired) electrons. The van der Waals surface area contributed by atoms with Crippen LogP contribution in [-0.4, -0.2) is 66.7 Å². The highest BCUT2D eigenvalue weighted by Gasteiger charge is 2.24. The molecule has 4 aromatic rings. The molecule has 11 nitrogen and oxygen atoms in total. The molecule has 0 unspecified atom stereocenters. The molecule has 3 aromatic heterocycles. The van der Waals surface area contributed by atoms with Crippen LogP contribution in [0.5, 0.6) is 11.8 Å². The second-order valence-electron chi connectivity index (χ2n) is 8.25. The van der Waals surface area contributed by atoms with Gasteiger partial charge in [-0.3, -0.25) is 9.48 Å². The van der Waals surface area contributed by atoms with Crippen molar-refractivity contribution in [2.45, 2.75) is 0 Å². The highest BCUT2D eigenvalue weighted by Crippen LogP contribution is 2.34. The fourth-order valence-corrected chi connectivity index (χ4v) is 3.95. The van der Waals surface area contributed by atoms with E-state index in [4.69, 9.17) is 9.72 Å². The quantitative estimate of drug-likeness (QED) is 0.381. The molecule has 0 spiro atoms. The molecule has 37 heavy (non-hydrogen) atoms. The van der Waals surface area contributed by atoms with Crippen LogP contribution in [0.1, 0.15) is 0 Å². The highest BCUT2D eigenvalue weighted by molar-refractivity contribution is 5.87. The van der Waals surface area contributed by atoms with Crippen molar-refractivity contribution in [1.82, 2.24) is 34.6 Å². The fourth-order valence-electron chi connectivity index (χ4n) is 3.95. The SMILES string of the molecule is C=CC(=O)N1CCN(c2nc(Nc3cnn(C)c3)ncc2-c2ccc(Oc3ncccn3)c(F)c2)CC1. The van der Waals surface area contributed by atoms with E-state index >= 15 is 4.39 Å². The molecule has 188 valence electrons. The van der Waals surface area contributed by atoms with Gasteiger partial charge in [-0.25, -0.2) is 19.3 Å². The van der Waals surface area contributed by atoms with Crippen LogP contribution in [0.25, 0.3) is 11.1 Å². The Morgan fingerprint density at radius 3 is 2.59 bits per heavy atom. The number of rotatable bonds is 7. The molecule has 1 aromatic carbocycles. The standard InChI is InChI=1S/C25H24FN9O2/c1-3-22(36)34-9-11-35(12-10-34)23-19(15-29-24(32-23)31-18-14-30-33(2)16-18)17-5-6-21(20(26)13-17)37-25-27-7-4-8-28-25/h3-8,13-16H,1,9-12H2,2H3,(H,29,31,32). The molecule has 5 rings (SSSR count). The number of ether oxygens (including phenoxy) is 1. The summed E-state index contributed by atoms with van der Waals surface area (Å²) in [7, 11) is 1.82. The normalized spacial score (nSPS) is 13.4. The zero-order chi connectivity index (χ0) is 25.8. The second-order valence-corrected chi connectivity index (χ2v) is 8.25. The van der Waals surface area contributed by atoms with Gasteiger partial charge in [-0.2, -0.15) is 10.1 Å². The summed E-state index contributed by atoms with van der Waals surface area (Å²) >= 11 is 0. The van der Waals surface area contributed by atoms with E-state index in [0.717, 1.165) is 5.69 Å². The smallest absolute Gasteiger partial charge is 0.321 e. The molecule has 1 aliphatic heterocycles. The van der Waals surface area contributed by atoms with E-state index in [1.807, 2.05) is 7.05 Å². The Hall–Kier alpha value is -4.87. The summed E-state index contributed by atoms with van der Waals surface area (Å²) < 4.78 is 22.2. The second kappa shape index (κ2) is 10.4. The molecule has 0 aliphatic carbocycles. The van der Waals surface area contributed by atoms with E-state index < -0.39 is 5.82 Å². The number of anilines is 3. The first kappa shape index (κ1) is 23.9. The minimum atomic E-state index is -0.574. The number of nitrogens with one attached hydrogen (secondary N) is 1. The van der Waals surface area contributed by atoms with Crippen LogP contribution in [0, 0.1) is 5.82 Å². The Bertz CT molecular complexity index is 1420. The van der Waals surface area contributed by atoms with E-state index in [1.54, 1.807) is 40.3 Å². The molecule has 1 fully saturated rings. The third-order valence-electron chi connectivity index (χ3n) is 5.78. The van der Waals surface area contributed by atoms with Crippen LogP contribution in [0.4, 0.5) is 21.8 Å². The van der Waals surface area contributed by atoms with Gasteiger partial charge in [-0.05, 0) is 29.8 Å². The number of piperazine rings is 1. The van der Waals surface area contributed by atoms with Crippen LogP contribution in [0.15, 0.2) is 67.9 Å². The molecule has 12 heteroatoms. The van der Waals surface area contributed by atoms with Gasteiger partial charge in [-0.1, -0.05) is 12.6 Å². The van der Waals surface area contributed by atoms with Gasteiger partial charge in [-0.15, -0.1) is 0 Å². The Labute approximate surface area is 212 Å². The molecular formula is C25H24FN9O2. The van der Waals surface area contributed by atoms with E-state index in [0.29, 0.717) is 49.1 Å². The van der Waals surface area contributed by atoms with Crippen LogP contribution in [0.3, 0.4) is 0 Å². The van der Waals surface area contributed by atoms with Crippen molar-refractivity contribution >= 4 is 23.4 Å². The average Bonchev–Trinajstić information content (AvgIpc) is 3.34. The van der Waals surface area contributed by atoms with E-state index in [1.165, 1.54) is 30.6 Å². The molecule has 1 N–H and O–H groups in total. The maximum absolute atomic E-state index is 15.0. The first-order valence-corrected chi connectivity index (χ1v) is 11.5. The number of nitrogens with zero attached hydrogens (tertiary/aromatic N) is 8. The average molecular weight is 502 g/mol. The van der Waals surface area contributed by atoms with E-state index in [2.05, 4.69) is 36.8 Å². The summed E-state index contributed by atoms with van der Waals surface area (Å²) in [6, 6.07) is 6.32. The van der Waals surface area contributed by atoms with Gasteiger partial charge in [0.05, 0.1) is 11.9 Å². The predicted octanol–water partition coefficient (Wildman–Crippen LogP) is 3.18. The molecule has 0 atom stereocenters. The summed E-state index contributed by atoms with van der Waals surface area (Å²) in [5.41, 5.74) is 1.95. The van der Waals surface area contributed by atoms with Crippen molar-refractivity contribution in [3.05, 3.63) is 73.7 Å². The topological polar surface area (TPSA) is 114 Å². The molecule has 0 saturated carbocycles. The number of carbonyl (C=O) groups is 1. The summed E-state index contributed by atoms with van der Waals surface area (Å²) in [4.78, 5) is 33.0. The number of amides is 1. The van der Waals surface area contributed by atoms with Gasteiger partial charge in [0.2, 0.25) is 11.9 Å². The first-order valence-electron chi connectivity index (χ1n) is 11.5. The van der Waals surface area contributed by atoms with Crippen LogP contribution in [-0.2, 0) is 11.8 Å². The summed E-state index contributed by atoms with van der Waals surface area (Å²) in [5, 5.41) is 7.30. The van der Waals surface area contributed by atoms with E-state index in [9.17, 15) is 4.79 Å². The van der Waals surface area contributed by atoms with Gasteiger partial charge in [0.25, 0.3) is 0 Å². The fraction of sp³-hybridized carbons (Fsp3) is 0.200. The minimum Gasteiger partial charge on any atom is -0.421 e. The third kappa shape index (κ3) is 5.37. The lowest BCUT2D eigenvalue weighted by atomic mass is 10.1. The lowest BCUT2D eigenvalue weighted by Gasteiger charge is -2.35. The van der Waals surface area contributed by atoms with Crippen molar-refractivity contribution in [3.8, 4) is 22.9 Å². The number of aromatic nitrogens is 6. The molecule has 0 bridgehead atoms. The van der Waals surface area contributed by atoms with Crippen LogP contribution in [0.2, 0.25) is 0 Å². The van der Waals surface area contributed by atoms with Gasteiger partial charge in [0.15, 0.2) is 11.6 Å². The molecule has 1 aliphatic rings. The van der Waals surface area contributed by atoms with Crippen molar-refractivity contribution in [2.24, 2.45) is 7.05 Å². The zero-order valence-corrected chi connectivity index (χ0v) is 20.1. The summed E-state index contributed by atoms with van der Waals surface area (Å²) in [6.07, 6.45) is 9.47. The Balaban J connectivity index is 1.46. The number of hydrogen-bond donors (Lipinski definition) is 1. The first-order chi connectivity index (χ1) is 18.0. The monoisotopic (exact) mass is 501 g/mol. The maximum atomic E-state index is 15.0. The number of carbonyl (C=O) groups excluding carboxylic acids is 1. The van der Waals surface area contributed by atoms with Crippen molar-refractivity contribution < 1.29 is 13.9 Å². The van der Waals surface area contributed by atoms with Gasteiger partial charge < -0.3 is 19.9 Å². The molecule has 4 heterocycles. The number of benzene rings is 1. The van der Waals surface area contributed by atoms with Gasteiger partial charge >= 0.3 is 6.01 Å². The van der Waals surface area contributed by atoms with Crippen molar-refractivity contribution in [1.29, 1.82) is 0 Å². The molecule has 1 amide bonds. The Morgan fingerprint density at radius 1 is 1.14 bits per heavy atom. The maximum Gasteiger partial charge on any atom is 0.321 e. The number of hydrogen-bond acceptors (Lipinski definition) is 9. The largest absolute Gasteiger partial charge is 0.421 e. The van der Waals surface area contributed by atoms with Crippen molar-refractivity contribution in [2.75, 3.05) is 36.4 Å². The summed E-state index contributed by atoms with van der Waals surface area (Å²) in [6.45, 7) is 5.68. The predicted molar refractivity (Wildman–Crippen MR) is 135 cm³/mol. The zero-order valence-electron chi connectivity index (χ0n) is 20.1. The Morgan fingerprint density at radius 2 is 1.92 bits per heavy atom.